The number of fused-ring (bicyclic) bond motifs is 1. The van der Waals surface area contributed by atoms with Crippen molar-refractivity contribution >= 4 is 12.1 Å². The first-order valence-corrected chi connectivity index (χ1v) is 9.99. The molecular formula is C23H24F3NO4. The average Bonchev–Trinajstić information content (AvgIpc) is 3.11. The van der Waals surface area contributed by atoms with Crippen LogP contribution in [0.2, 0.25) is 0 Å². The van der Waals surface area contributed by atoms with Gasteiger partial charge in [-0.05, 0) is 35.1 Å². The lowest BCUT2D eigenvalue weighted by molar-refractivity contribution is -0.236. The van der Waals surface area contributed by atoms with Crippen LogP contribution in [-0.4, -0.2) is 30.2 Å². The van der Waals surface area contributed by atoms with Gasteiger partial charge in [0.05, 0.1) is 13.7 Å². The lowest BCUT2D eigenvalue weighted by Crippen LogP contribution is -2.60. The molecule has 2 aromatic rings. The normalized spacial score (nSPS) is 17.9. The van der Waals surface area contributed by atoms with E-state index in [1.165, 1.54) is 6.07 Å². The van der Waals surface area contributed by atoms with Crippen molar-refractivity contribution < 1.29 is 32.2 Å². The summed E-state index contributed by atoms with van der Waals surface area (Å²) in [5.74, 6) is -1.57. The predicted octanol–water partition coefficient (Wildman–Crippen LogP) is 4.89. The van der Waals surface area contributed by atoms with Crippen molar-refractivity contribution in [2.45, 2.75) is 51.6 Å². The van der Waals surface area contributed by atoms with Crippen LogP contribution < -0.4 is 0 Å². The number of esters is 1. The average molecular weight is 435 g/mol. The number of rotatable bonds is 5. The van der Waals surface area contributed by atoms with Gasteiger partial charge in [-0.15, -0.1) is 0 Å². The van der Waals surface area contributed by atoms with Gasteiger partial charge >= 0.3 is 18.2 Å². The highest BCUT2D eigenvalue weighted by Gasteiger charge is 2.71. The van der Waals surface area contributed by atoms with Crippen molar-refractivity contribution in [1.29, 1.82) is 0 Å². The van der Waals surface area contributed by atoms with E-state index in [-0.39, 0.29) is 17.7 Å². The van der Waals surface area contributed by atoms with Gasteiger partial charge in [-0.1, -0.05) is 56.3 Å². The maximum absolute atomic E-state index is 14.6. The topological polar surface area (TPSA) is 55.8 Å². The molecule has 31 heavy (non-hydrogen) atoms. The molecule has 0 saturated heterocycles. The zero-order valence-electron chi connectivity index (χ0n) is 17.6. The zero-order chi connectivity index (χ0) is 22.8. The number of benzene rings is 2. The van der Waals surface area contributed by atoms with Gasteiger partial charge in [-0.25, -0.2) is 9.59 Å². The minimum Gasteiger partial charge on any atom is -0.467 e. The van der Waals surface area contributed by atoms with Crippen LogP contribution in [0.15, 0.2) is 42.5 Å². The second kappa shape index (κ2) is 8.61. The Balaban J connectivity index is 2.11. The summed E-state index contributed by atoms with van der Waals surface area (Å²) in [7, 11) is 0.877. The van der Waals surface area contributed by atoms with Crippen LogP contribution in [0.1, 0.15) is 41.7 Å². The first kappa shape index (κ1) is 22.7. The third kappa shape index (κ3) is 3.75. The number of ether oxygens (including phenoxy) is 2. The molecule has 8 heteroatoms. The summed E-state index contributed by atoms with van der Waals surface area (Å²) < 4.78 is 53.5. The molecule has 5 nitrogen and oxygen atoms in total. The van der Waals surface area contributed by atoms with E-state index in [1.807, 2.05) is 13.8 Å². The summed E-state index contributed by atoms with van der Waals surface area (Å²) in [4.78, 5) is 26.0. The summed E-state index contributed by atoms with van der Waals surface area (Å²) >= 11 is 0. The molecule has 0 bridgehead atoms. The smallest absolute Gasteiger partial charge is 0.427 e. The minimum absolute atomic E-state index is 0.220. The molecule has 1 aliphatic heterocycles. The van der Waals surface area contributed by atoms with Gasteiger partial charge in [-0.2, -0.15) is 13.2 Å². The number of methoxy groups -OCH3 is 1. The predicted molar refractivity (Wildman–Crippen MR) is 107 cm³/mol. The Hall–Kier alpha value is -3.03. The number of amides is 1. The lowest BCUT2D eigenvalue weighted by Gasteiger charge is -2.37. The number of halogens is 3. The summed E-state index contributed by atoms with van der Waals surface area (Å²) in [5, 5.41) is 0. The minimum atomic E-state index is -5.12. The SMILES string of the molecule is CCc1cc2c(cc1CC)C(C(=O)OC)(C(F)(F)F)N(C(=O)OCc1ccccc1)C2. The quantitative estimate of drug-likeness (QED) is 0.628. The Morgan fingerprint density at radius 3 is 2.23 bits per heavy atom. The fourth-order valence-electron chi connectivity index (χ4n) is 4.09. The number of aryl methyl sites for hydroxylation is 2. The molecule has 0 aromatic heterocycles. The molecule has 0 radical (unpaired) electrons. The molecule has 2 aromatic carbocycles. The first-order valence-electron chi connectivity index (χ1n) is 9.99. The van der Waals surface area contributed by atoms with E-state index in [0.29, 0.717) is 28.9 Å². The molecule has 0 saturated carbocycles. The summed E-state index contributed by atoms with van der Waals surface area (Å²) in [5.41, 5.74) is -1.10. The largest absolute Gasteiger partial charge is 0.467 e. The van der Waals surface area contributed by atoms with Crippen molar-refractivity contribution in [3.8, 4) is 0 Å². The van der Waals surface area contributed by atoms with Crippen LogP contribution in [0.25, 0.3) is 0 Å². The molecule has 3 rings (SSSR count). The maximum atomic E-state index is 14.6. The van der Waals surface area contributed by atoms with Crippen molar-refractivity contribution in [3.63, 3.8) is 0 Å². The molecular weight excluding hydrogens is 411 g/mol. The molecule has 0 N–H and O–H groups in total. The summed E-state index contributed by atoms with van der Waals surface area (Å²) in [6.45, 7) is 3.10. The van der Waals surface area contributed by atoms with Gasteiger partial charge in [0.2, 0.25) is 0 Å². The molecule has 166 valence electrons. The van der Waals surface area contributed by atoms with E-state index >= 15 is 0 Å². The first-order chi connectivity index (χ1) is 14.7. The monoisotopic (exact) mass is 435 g/mol. The summed E-state index contributed by atoms with van der Waals surface area (Å²) in [6.07, 6.45) is -5.25. The molecule has 1 unspecified atom stereocenters. The van der Waals surface area contributed by atoms with Crippen LogP contribution in [0.5, 0.6) is 0 Å². The maximum Gasteiger partial charge on any atom is 0.427 e. The molecule has 0 fully saturated rings. The van der Waals surface area contributed by atoms with E-state index in [1.54, 1.807) is 36.4 Å². The fraction of sp³-hybridized carbons (Fsp3) is 0.391. The highest BCUT2D eigenvalue weighted by atomic mass is 19.4. The van der Waals surface area contributed by atoms with Gasteiger partial charge in [0, 0.05) is 5.56 Å². The Morgan fingerprint density at radius 2 is 1.68 bits per heavy atom. The van der Waals surface area contributed by atoms with Gasteiger partial charge in [0.25, 0.3) is 5.54 Å². The fourth-order valence-corrected chi connectivity index (χ4v) is 4.09. The molecule has 1 heterocycles. The van der Waals surface area contributed by atoms with Gasteiger partial charge < -0.3 is 9.47 Å². The number of carbonyl (C=O) groups excluding carboxylic acids is 2. The number of hydrogen-bond donors (Lipinski definition) is 0. The van der Waals surface area contributed by atoms with Crippen LogP contribution in [0.3, 0.4) is 0 Å². The Kier molecular flexibility index (Phi) is 6.29. The molecule has 1 aliphatic rings. The van der Waals surface area contributed by atoms with Crippen LogP contribution >= 0.6 is 0 Å². The molecule has 1 amide bonds. The Morgan fingerprint density at radius 1 is 1.06 bits per heavy atom. The highest BCUT2D eigenvalue weighted by molar-refractivity contribution is 5.90. The van der Waals surface area contributed by atoms with E-state index in [0.717, 1.165) is 12.7 Å². The van der Waals surface area contributed by atoms with Crippen LogP contribution in [0.4, 0.5) is 18.0 Å². The lowest BCUT2D eigenvalue weighted by atomic mass is 9.85. The van der Waals surface area contributed by atoms with Crippen LogP contribution in [0, 0.1) is 0 Å². The van der Waals surface area contributed by atoms with E-state index in [2.05, 4.69) is 4.74 Å². The summed E-state index contributed by atoms with van der Waals surface area (Å²) in [6, 6.07) is 11.6. The molecule has 0 spiro atoms. The highest BCUT2D eigenvalue weighted by Crippen LogP contribution is 2.51. The Labute approximate surface area is 178 Å². The molecule has 0 aliphatic carbocycles. The number of alkyl halides is 3. The zero-order valence-corrected chi connectivity index (χ0v) is 17.6. The van der Waals surface area contributed by atoms with E-state index in [9.17, 15) is 22.8 Å². The van der Waals surface area contributed by atoms with E-state index in [4.69, 9.17) is 4.74 Å². The van der Waals surface area contributed by atoms with E-state index < -0.39 is 30.3 Å². The van der Waals surface area contributed by atoms with Crippen LogP contribution in [-0.2, 0) is 45.8 Å². The van der Waals surface area contributed by atoms with Crippen molar-refractivity contribution in [2.24, 2.45) is 0 Å². The second-order valence-corrected chi connectivity index (χ2v) is 7.31. The van der Waals surface area contributed by atoms with Gasteiger partial charge in [0.15, 0.2) is 0 Å². The van der Waals surface area contributed by atoms with Crippen molar-refractivity contribution in [3.05, 3.63) is 70.3 Å². The standard InChI is InChI=1S/C23H24F3NO4/c1-4-16-11-18-13-27(21(29)31-14-15-9-7-6-8-10-15)22(20(28)30-3,23(24,25)26)19(18)12-17(16)5-2/h6-12H,4-5,13-14H2,1-3H3. The van der Waals surface area contributed by atoms with Crippen molar-refractivity contribution in [2.75, 3.05) is 7.11 Å². The third-order valence-electron chi connectivity index (χ3n) is 5.63. The van der Waals surface area contributed by atoms with Gasteiger partial charge in [-0.3, -0.25) is 4.90 Å². The molecule has 1 atom stereocenters. The number of hydrogen-bond acceptors (Lipinski definition) is 4. The Bertz CT molecular complexity index is 975. The van der Waals surface area contributed by atoms with Gasteiger partial charge in [0.1, 0.15) is 6.61 Å². The third-order valence-corrected chi connectivity index (χ3v) is 5.63. The second-order valence-electron chi connectivity index (χ2n) is 7.31. The number of nitrogens with zero attached hydrogens (tertiary/aromatic N) is 1. The van der Waals surface area contributed by atoms with Crippen molar-refractivity contribution in [1.82, 2.24) is 4.90 Å². The number of carbonyl (C=O) groups is 2.